The second kappa shape index (κ2) is 6.48. The van der Waals surface area contributed by atoms with Gasteiger partial charge in [-0.25, -0.2) is 4.79 Å². The zero-order chi connectivity index (χ0) is 15.5. The van der Waals surface area contributed by atoms with Gasteiger partial charge in [0.2, 0.25) is 0 Å². The van der Waals surface area contributed by atoms with Gasteiger partial charge in [0.1, 0.15) is 0 Å². The first-order chi connectivity index (χ1) is 9.87. The van der Waals surface area contributed by atoms with Gasteiger partial charge in [0.15, 0.2) is 0 Å². The zero-order valence-electron chi connectivity index (χ0n) is 13.2. The minimum Gasteiger partial charge on any atom is -0.388 e. The summed E-state index contributed by atoms with van der Waals surface area (Å²) in [6.07, 6.45) is 2.05. The predicted molar refractivity (Wildman–Crippen MR) is 84.0 cm³/mol. The van der Waals surface area contributed by atoms with E-state index in [4.69, 9.17) is 0 Å². The van der Waals surface area contributed by atoms with Crippen molar-refractivity contribution < 1.29 is 9.90 Å². The van der Waals surface area contributed by atoms with Crippen LogP contribution in [0, 0.1) is 0 Å². The zero-order valence-corrected chi connectivity index (χ0v) is 13.2. The van der Waals surface area contributed by atoms with Crippen molar-refractivity contribution in [2.75, 3.05) is 6.54 Å². The summed E-state index contributed by atoms with van der Waals surface area (Å²) < 4.78 is 0. The molecule has 1 aromatic rings. The molecule has 0 aliphatic carbocycles. The number of benzene rings is 1. The van der Waals surface area contributed by atoms with Crippen LogP contribution in [0.5, 0.6) is 0 Å². The highest BCUT2D eigenvalue weighted by molar-refractivity contribution is 5.75. The van der Waals surface area contributed by atoms with E-state index in [1.807, 2.05) is 56.0 Å². The molecule has 21 heavy (non-hydrogen) atoms. The number of aliphatic hydroxyl groups excluding tert-OH is 1. The van der Waals surface area contributed by atoms with Crippen LogP contribution in [0.3, 0.4) is 0 Å². The number of carbonyl (C=O) groups is 1. The van der Waals surface area contributed by atoms with E-state index in [9.17, 15) is 9.90 Å². The van der Waals surface area contributed by atoms with Crippen LogP contribution >= 0.6 is 0 Å². The second-order valence-electron chi connectivity index (χ2n) is 6.83. The summed E-state index contributed by atoms with van der Waals surface area (Å²) in [6.45, 7) is 6.71. The minimum absolute atomic E-state index is 0.0229. The van der Waals surface area contributed by atoms with E-state index in [-0.39, 0.29) is 17.6 Å². The van der Waals surface area contributed by atoms with Gasteiger partial charge in [-0.2, -0.15) is 0 Å². The molecule has 1 heterocycles. The molecule has 1 saturated heterocycles. The van der Waals surface area contributed by atoms with Gasteiger partial charge >= 0.3 is 6.03 Å². The minimum atomic E-state index is -0.515. The molecule has 0 bridgehead atoms. The van der Waals surface area contributed by atoms with Crippen LogP contribution in [0.15, 0.2) is 30.3 Å². The molecule has 2 atom stereocenters. The van der Waals surface area contributed by atoms with Crippen molar-refractivity contribution in [1.29, 1.82) is 0 Å². The normalized spacial score (nSPS) is 20.4. The smallest absolute Gasteiger partial charge is 0.318 e. The Hall–Kier alpha value is -1.55. The highest BCUT2D eigenvalue weighted by Crippen LogP contribution is 2.27. The Morgan fingerprint density at radius 1 is 1.38 bits per heavy atom. The first-order valence-electron chi connectivity index (χ1n) is 7.68. The standard InChI is InChI=1S/C17H26N2O2/c1-17(2,3)18-16(21)19-11-7-10-14(19)12-15(20)13-8-5-4-6-9-13/h4-6,8-9,14-15,20H,7,10-12H2,1-3H3,(H,18,21). The lowest BCUT2D eigenvalue weighted by atomic mass is 10.0. The maximum Gasteiger partial charge on any atom is 0.318 e. The Bertz CT molecular complexity index is 467. The molecule has 2 unspecified atom stereocenters. The number of aliphatic hydroxyl groups is 1. The summed E-state index contributed by atoms with van der Waals surface area (Å²) in [7, 11) is 0. The first kappa shape index (κ1) is 15.8. The summed E-state index contributed by atoms with van der Waals surface area (Å²) in [4.78, 5) is 14.2. The third-order valence-corrected chi connectivity index (χ3v) is 3.80. The Morgan fingerprint density at radius 3 is 2.67 bits per heavy atom. The van der Waals surface area contributed by atoms with E-state index in [2.05, 4.69) is 5.32 Å². The van der Waals surface area contributed by atoms with Crippen molar-refractivity contribution in [3.63, 3.8) is 0 Å². The van der Waals surface area contributed by atoms with Crippen LogP contribution in [0.1, 0.15) is 51.7 Å². The van der Waals surface area contributed by atoms with Crippen molar-refractivity contribution in [2.45, 2.75) is 57.7 Å². The maximum absolute atomic E-state index is 12.3. The number of carbonyl (C=O) groups excluding carboxylic acids is 1. The molecule has 2 amide bonds. The van der Waals surface area contributed by atoms with E-state index < -0.39 is 6.10 Å². The fourth-order valence-corrected chi connectivity index (χ4v) is 2.81. The molecule has 1 aromatic carbocycles. The number of hydrogen-bond donors (Lipinski definition) is 2. The summed E-state index contributed by atoms with van der Waals surface area (Å²) in [6, 6.07) is 9.75. The number of likely N-dealkylation sites (tertiary alicyclic amines) is 1. The van der Waals surface area contributed by atoms with Gasteiger partial charge in [-0.05, 0) is 45.6 Å². The van der Waals surface area contributed by atoms with Crippen LogP contribution in [0.4, 0.5) is 4.79 Å². The third-order valence-electron chi connectivity index (χ3n) is 3.80. The van der Waals surface area contributed by atoms with Gasteiger partial charge in [0.25, 0.3) is 0 Å². The van der Waals surface area contributed by atoms with E-state index in [0.717, 1.165) is 24.9 Å². The summed E-state index contributed by atoms with van der Waals surface area (Å²) >= 11 is 0. The quantitative estimate of drug-likeness (QED) is 0.899. The molecule has 0 aromatic heterocycles. The van der Waals surface area contributed by atoms with Gasteiger partial charge in [-0.15, -0.1) is 0 Å². The van der Waals surface area contributed by atoms with E-state index in [1.165, 1.54) is 0 Å². The first-order valence-corrected chi connectivity index (χ1v) is 7.68. The number of hydrogen-bond acceptors (Lipinski definition) is 2. The molecule has 0 radical (unpaired) electrons. The molecule has 0 spiro atoms. The van der Waals surface area contributed by atoms with E-state index in [1.54, 1.807) is 0 Å². The van der Waals surface area contributed by atoms with Crippen molar-refractivity contribution in [3.05, 3.63) is 35.9 Å². The van der Waals surface area contributed by atoms with E-state index in [0.29, 0.717) is 6.42 Å². The lowest BCUT2D eigenvalue weighted by molar-refractivity contribution is 0.124. The SMILES string of the molecule is CC(C)(C)NC(=O)N1CCCC1CC(O)c1ccccc1. The number of rotatable bonds is 3. The van der Waals surface area contributed by atoms with Gasteiger partial charge in [0.05, 0.1) is 6.10 Å². The molecular formula is C17H26N2O2. The lowest BCUT2D eigenvalue weighted by Gasteiger charge is -2.30. The average Bonchev–Trinajstić information content (AvgIpc) is 2.86. The molecule has 2 N–H and O–H groups in total. The molecule has 1 aliphatic rings. The molecular weight excluding hydrogens is 264 g/mol. The predicted octanol–water partition coefficient (Wildman–Crippen LogP) is 3.08. The molecule has 1 aliphatic heterocycles. The van der Waals surface area contributed by atoms with Crippen molar-refractivity contribution >= 4 is 6.03 Å². The Balaban J connectivity index is 1.97. The highest BCUT2D eigenvalue weighted by Gasteiger charge is 2.32. The number of nitrogens with zero attached hydrogens (tertiary/aromatic N) is 1. The number of urea groups is 1. The Labute approximate surface area is 127 Å². The van der Waals surface area contributed by atoms with Crippen LogP contribution in [0.25, 0.3) is 0 Å². The molecule has 116 valence electrons. The van der Waals surface area contributed by atoms with Gasteiger partial charge in [0, 0.05) is 18.1 Å². The van der Waals surface area contributed by atoms with Crippen molar-refractivity contribution in [1.82, 2.24) is 10.2 Å². The largest absolute Gasteiger partial charge is 0.388 e. The van der Waals surface area contributed by atoms with Gasteiger partial charge in [-0.1, -0.05) is 30.3 Å². The fourth-order valence-electron chi connectivity index (χ4n) is 2.81. The Kier molecular flexibility index (Phi) is 4.88. The topological polar surface area (TPSA) is 52.6 Å². The summed E-state index contributed by atoms with van der Waals surface area (Å²) in [5.41, 5.74) is 0.683. The second-order valence-corrected chi connectivity index (χ2v) is 6.83. The van der Waals surface area contributed by atoms with Crippen molar-refractivity contribution in [2.24, 2.45) is 0 Å². The van der Waals surface area contributed by atoms with Gasteiger partial charge in [-0.3, -0.25) is 0 Å². The van der Waals surface area contributed by atoms with Crippen molar-refractivity contribution in [3.8, 4) is 0 Å². The van der Waals surface area contributed by atoms with Crippen LogP contribution < -0.4 is 5.32 Å². The fraction of sp³-hybridized carbons (Fsp3) is 0.588. The number of nitrogens with one attached hydrogen (secondary N) is 1. The molecule has 0 saturated carbocycles. The lowest BCUT2D eigenvalue weighted by Crippen LogP contribution is -2.50. The van der Waals surface area contributed by atoms with E-state index >= 15 is 0 Å². The molecule has 2 rings (SSSR count). The van der Waals surface area contributed by atoms with Crippen LogP contribution in [-0.2, 0) is 0 Å². The highest BCUT2D eigenvalue weighted by atomic mass is 16.3. The van der Waals surface area contributed by atoms with Gasteiger partial charge < -0.3 is 15.3 Å². The molecule has 1 fully saturated rings. The Morgan fingerprint density at radius 2 is 2.05 bits per heavy atom. The van der Waals surface area contributed by atoms with Crippen LogP contribution in [0.2, 0.25) is 0 Å². The molecule has 4 nitrogen and oxygen atoms in total. The number of amides is 2. The third kappa shape index (κ3) is 4.46. The summed E-state index contributed by atoms with van der Waals surface area (Å²) in [5.74, 6) is 0. The average molecular weight is 290 g/mol. The monoisotopic (exact) mass is 290 g/mol. The molecule has 4 heteroatoms. The maximum atomic E-state index is 12.3. The summed E-state index contributed by atoms with van der Waals surface area (Å²) in [5, 5.41) is 13.4. The van der Waals surface area contributed by atoms with Crippen LogP contribution in [-0.4, -0.2) is 34.2 Å².